The van der Waals surface area contributed by atoms with Crippen molar-refractivity contribution in [3.05, 3.63) is 72.8 Å². The summed E-state index contributed by atoms with van der Waals surface area (Å²) < 4.78 is 11.1. The molecule has 23 heavy (non-hydrogen) atoms. The maximum Gasteiger partial charge on any atom is 0.267 e. The van der Waals surface area contributed by atoms with E-state index in [1.165, 1.54) is 0 Å². The molecule has 1 aliphatic heterocycles. The number of benzene rings is 2. The number of para-hydroxylation sites is 1. The van der Waals surface area contributed by atoms with E-state index in [-0.39, 0.29) is 11.9 Å². The van der Waals surface area contributed by atoms with Crippen molar-refractivity contribution in [2.75, 3.05) is 13.7 Å². The molecule has 4 nitrogen and oxygen atoms in total. The van der Waals surface area contributed by atoms with Gasteiger partial charge in [0.25, 0.3) is 5.91 Å². The van der Waals surface area contributed by atoms with Crippen LogP contribution in [0.25, 0.3) is 0 Å². The van der Waals surface area contributed by atoms with Crippen molar-refractivity contribution in [1.29, 1.82) is 0 Å². The van der Waals surface area contributed by atoms with E-state index in [0.717, 1.165) is 11.3 Å². The molecule has 0 aromatic heterocycles. The zero-order chi connectivity index (χ0) is 16.2. The van der Waals surface area contributed by atoms with Crippen LogP contribution in [0.2, 0.25) is 0 Å². The first kappa shape index (κ1) is 15.2. The molecule has 1 saturated heterocycles. The Morgan fingerprint density at radius 2 is 1.78 bits per heavy atom. The molecule has 1 heterocycles. The average Bonchev–Trinajstić information content (AvgIpc) is 2.61. The van der Waals surface area contributed by atoms with E-state index in [1.807, 2.05) is 54.6 Å². The topological polar surface area (TPSA) is 38.8 Å². The number of amides is 1. The number of β-lactam (4-membered cyclic amide) rings is 1. The molecule has 0 unspecified atom stereocenters. The Hall–Kier alpha value is -2.75. The smallest absolute Gasteiger partial charge is 0.267 e. The van der Waals surface area contributed by atoms with Crippen LogP contribution in [0.15, 0.2) is 67.3 Å². The third-order valence-electron chi connectivity index (χ3n) is 3.94. The third-order valence-corrected chi connectivity index (χ3v) is 3.94. The molecule has 0 N–H and O–H groups in total. The molecule has 1 aliphatic rings. The summed E-state index contributed by atoms with van der Waals surface area (Å²) in [6, 6.07) is 17.0. The third kappa shape index (κ3) is 2.93. The Labute approximate surface area is 135 Å². The molecule has 2 atom stereocenters. The predicted molar refractivity (Wildman–Crippen MR) is 88.5 cm³/mol. The van der Waals surface area contributed by atoms with Gasteiger partial charge in [-0.25, -0.2) is 0 Å². The molecule has 2 aromatic rings. The van der Waals surface area contributed by atoms with Crippen molar-refractivity contribution in [1.82, 2.24) is 4.90 Å². The molecule has 1 fully saturated rings. The minimum absolute atomic E-state index is 0.0189. The number of hydrogen-bond donors (Lipinski definition) is 0. The van der Waals surface area contributed by atoms with Crippen LogP contribution in [0.5, 0.6) is 11.5 Å². The monoisotopic (exact) mass is 309 g/mol. The summed E-state index contributed by atoms with van der Waals surface area (Å²) in [7, 11) is 1.63. The van der Waals surface area contributed by atoms with Crippen LogP contribution in [-0.2, 0) is 4.79 Å². The van der Waals surface area contributed by atoms with Gasteiger partial charge in [-0.2, -0.15) is 0 Å². The van der Waals surface area contributed by atoms with Gasteiger partial charge in [0.15, 0.2) is 0 Å². The lowest BCUT2D eigenvalue weighted by molar-refractivity contribution is -0.162. The summed E-state index contributed by atoms with van der Waals surface area (Å²) in [5.41, 5.74) is 1.02. The van der Waals surface area contributed by atoms with Crippen LogP contribution in [0.3, 0.4) is 0 Å². The molecule has 0 aliphatic carbocycles. The highest BCUT2D eigenvalue weighted by Gasteiger charge is 2.49. The quantitative estimate of drug-likeness (QED) is 0.607. The van der Waals surface area contributed by atoms with Crippen LogP contribution < -0.4 is 9.47 Å². The second-order valence-corrected chi connectivity index (χ2v) is 5.35. The molecular weight excluding hydrogens is 290 g/mol. The van der Waals surface area contributed by atoms with Crippen molar-refractivity contribution >= 4 is 5.91 Å². The van der Waals surface area contributed by atoms with Crippen LogP contribution in [-0.4, -0.2) is 30.6 Å². The van der Waals surface area contributed by atoms with Crippen molar-refractivity contribution in [3.8, 4) is 11.5 Å². The van der Waals surface area contributed by atoms with Gasteiger partial charge in [0.05, 0.1) is 7.11 Å². The van der Waals surface area contributed by atoms with E-state index in [0.29, 0.717) is 12.3 Å². The second-order valence-electron chi connectivity index (χ2n) is 5.35. The molecular formula is C19H19NO3. The number of ether oxygens (including phenoxy) is 2. The molecule has 0 bridgehead atoms. The maximum absolute atomic E-state index is 12.4. The van der Waals surface area contributed by atoms with Gasteiger partial charge >= 0.3 is 0 Å². The van der Waals surface area contributed by atoms with Gasteiger partial charge in [-0.1, -0.05) is 36.4 Å². The first-order valence-electron chi connectivity index (χ1n) is 7.51. The first-order chi connectivity index (χ1) is 11.2. The highest BCUT2D eigenvalue weighted by atomic mass is 16.5. The van der Waals surface area contributed by atoms with Gasteiger partial charge < -0.3 is 14.4 Å². The van der Waals surface area contributed by atoms with E-state index >= 15 is 0 Å². The minimum Gasteiger partial charge on any atom is -0.497 e. The van der Waals surface area contributed by atoms with E-state index in [4.69, 9.17) is 9.47 Å². The number of carbonyl (C=O) groups is 1. The number of nitrogens with zero attached hydrogens (tertiary/aromatic N) is 1. The van der Waals surface area contributed by atoms with E-state index in [1.54, 1.807) is 18.1 Å². The molecule has 118 valence electrons. The Kier molecular flexibility index (Phi) is 4.33. The summed E-state index contributed by atoms with van der Waals surface area (Å²) in [5, 5.41) is 0. The van der Waals surface area contributed by atoms with Crippen LogP contribution in [0.4, 0.5) is 0 Å². The number of carbonyl (C=O) groups excluding carboxylic acids is 1. The van der Waals surface area contributed by atoms with Gasteiger partial charge in [-0.15, -0.1) is 6.58 Å². The predicted octanol–water partition coefficient (Wildman–Crippen LogP) is 3.21. The molecule has 2 aromatic carbocycles. The highest BCUT2D eigenvalue weighted by Crippen LogP contribution is 2.38. The summed E-state index contributed by atoms with van der Waals surface area (Å²) in [6.45, 7) is 4.23. The van der Waals surface area contributed by atoms with E-state index in [2.05, 4.69) is 6.58 Å². The zero-order valence-electron chi connectivity index (χ0n) is 13.0. The lowest BCUT2D eigenvalue weighted by atomic mass is 9.90. The molecule has 0 spiro atoms. The van der Waals surface area contributed by atoms with Gasteiger partial charge in [-0.05, 0) is 29.8 Å². The maximum atomic E-state index is 12.4. The summed E-state index contributed by atoms with van der Waals surface area (Å²) in [4.78, 5) is 14.2. The normalized spacial score (nSPS) is 19.9. The molecule has 1 amide bonds. The number of rotatable bonds is 6. The largest absolute Gasteiger partial charge is 0.497 e. The van der Waals surface area contributed by atoms with Crippen molar-refractivity contribution in [2.24, 2.45) is 0 Å². The van der Waals surface area contributed by atoms with Crippen LogP contribution in [0, 0.1) is 0 Å². The summed E-state index contributed by atoms with van der Waals surface area (Å²) >= 11 is 0. The molecule has 4 heteroatoms. The number of likely N-dealkylation sites (tertiary alicyclic amines) is 1. The Balaban J connectivity index is 1.84. The van der Waals surface area contributed by atoms with Gasteiger partial charge in [0.2, 0.25) is 6.10 Å². The fourth-order valence-electron chi connectivity index (χ4n) is 2.78. The number of methoxy groups -OCH3 is 1. The molecule has 3 rings (SSSR count). The van der Waals surface area contributed by atoms with Crippen LogP contribution in [0.1, 0.15) is 11.6 Å². The molecule has 0 radical (unpaired) electrons. The van der Waals surface area contributed by atoms with Crippen LogP contribution >= 0.6 is 0 Å². The first-order valence-corrected chi connectivity index (χ1v) is 7.51. The average molecular weight is 309 g/mol. The number of hydrogen-bond acceptors (Lipinski definition) is 3. The van der Waals surface area contributed by atoms with E-state index in [9.17, 15) is 4.79 Å². The van der Waals surface area contributed by atoms with Crippen molar-refractivity contribution < 1.29 is 14.3 Å². The van der Waals surface area contributed by atoms with E-state index < -0.39 is 6.10 Å². The summed E-state index contributed by atoms with van der Waals surface area (Å²) in [6.07, 6.45) is 1.22. The molecule has 0 saturated carbocycles. The minimum atomic E-state index is -0.509. The lowest BCUT2D eigenvalue weighted by Crippen LogP contribution is -2.61. The van der Waals surface area contributed by atoms with Gasteiger partial charge in [0.1, 0.15) is 17.5 Å². The second kappa shape index (κ2) is 6.57. The fraction of sp³-hybridized carbons (Fsp3) is 0.211. The Bertz CT molecular complexity index is 682. The SMILES string of the molecule is C=CCN1C(=O)[C@@H](Oc2ccccc2)[C@@H]1c1ccc(OC)cc1. The summed E-state index contributed by atoms with van der Waals surface area (Å²) in [5.74, 6) is 1.47. The standard InChI is InChI=1S/C19H19NO3/c1-3-13-20-17(14-9-11-15(22-2)12-10-14)18(19(20)21)23-16-7-5-4-6-8-16/h3-12,17-18H,1,13H2,2H3/t17-,18-/m0/s1. The van der Waals surface area contributed by atoms with Crippen molar-refractivity contribution in [3.63, 3.8) is 0 Å². The zero-order valence-corrected chi connectivity index (χ0v) is 13.0. The Morgan fingerprint density at radius 3 is 2.39 bits per heavy atom. The lowest BCUT2D eigenvalue weighted by Gasteiger charge is -2.46. The fourth-order valence-corrected chi connectivity index (χ4v) is 2.78. The van der Waals surface area contributed by atoms with Gasteiger partial charge in [0, 0.05) is 6.54 Å². The highest BCUT2D eigenvalue weighted by molar-refractivity contribution is 5.89. The Morgan fingerprint density at radius 1 is 1.09 bits per heavy atom. The van der Waals surface area contributed by atoms with Gasteiger partial charge in [-0.3, -0.25) is 4.79 Å². The van der Waals surface area contributed by atoms with Crippen molar-refractivity contribution in [2.45, 2.75) is 12.1 Å².